The first-order valence-corrected chi connectivity index (χ1v) is 23.6. The number of rotatable bonds is 18. The van der Waals surface area contributed by atoms with E-state index in [0.29, 0.717) is 44.0 Å². The minimum atomic E-state index is -0.957. The van der Waals surface area contributed by atoms with Crippen molar-refractivity contribution < 1.29 is 33.4 Å². The average Bonchev–Trinajstić information content (AvgIpc) is 4.05. The topological polar surface area (TPSA) is 168 Å². The smallest absolute Gasteiger partial charge is 0.302 e. The zero-order chi connectivity index (χ0) is 47.2. The van der Waals surface area contributed by atoms with Crippen molar-refractivity contribution in [3.8, 4) is 22.5 Å². The molecule has 2 fully saturated rings. The van der Waals surface area contributed by atoms with Crippen LogP contribution in [0.2, 0.25) is 0 Å². The van der Waals surface area contributed by atoms with Crippen LogP contribution in [0, 0.1) is 17.3 Å². The van der Waals surface area contributed by atoms with Crippen molar-refractivity contribution in [3.05, 3.63) is 70.8 Å². The number of methoxy groups -OCH3 is 1. The van der Waals surface area contributed by atoms with E-state index in [-0.39, 0.29) is 55.3 Å². The number of carbonyl (C=O) groups excluding carboxylic acids is 5. The number of carbonyl (C=O) groups is 5. The van der Waals surface area contributed by atoms with Crippen LogP contribution >= 0.6 is 11.3 Å². The predicted molar refractivity (Wildman–Crippen MR) is 252 cm³/mol. The van der Waals surface area contributed by atoms with Crippen LogP contribution in [0.3, 0.4) is 0 Å². The number of esters is 1. The van der Waals surface area contributed by atoms with Crippen molar-refractivity contribution in [2.24, 2.45) is 17.3 Å². The summed E-state index contributed by atoms with van der Waals surface area (Å²) in [6.07, 6.45) is 5.78. The molecule has 15 nitrogen and oxygen atoms in total. The summed E-state index contributed by atoms with van der Waals surface area (Å²) in [6.45, 7) is 19.9. The Balaban J connectivity index is 1.33. The van der Waals surface area contributed by atoms with Gasteiger partial charge in [0.1, 0.15) is 12.1 Å². The molecule has 1 aromatic carbocycles. The van der Waals surface area contributed by atoms with E-state index in [9.17, 15) is 24.0 Å². The number of fused-ring (bicyclic) bond motifs is 1. The second-order valence-corrected chi connectivity index (χ2v) is 19.3. The number of benzene rings is 1. The minimum Gasteiger partial charge on any atom is -0.465 e. The molecule has 0 bridgehead atoms. The van der Waals surface area contributed by atoms with Gasteiger partial charge in [-0.25, -0.2) is 10.4 Å². The van der Waals surface area contributed by atoms with Crippen LogP contribution in [-0.4, -0.2) is 118 Å². The Hall–Kier alpha value is -5.45. The van der Waals surface area contributed by atoms with Gasteiger partial charge in [0, 0.05) is 99.2 Å². The number of aryl methyl sites for hydroxylation is 1. The number of amides is 4. The van der Waals surface area contributed by atoms with E-state index in [0.717, 1.165) is 57.5 Å². The number of hydrogen-bond donors (Lipinski definition) is 2. The lowest BCUT2D eigenvalue weighted by Gasteiger charge is -2.35. The Kier molecular flexibility index (Phi) is 16.0. The largest absolute Gasteiger partial charge is 0.465 e. The fourth-order valence-corrected chi connectivity index (χ4v) is 10.0. The zero-order valence-corrected chi connectivity index (χ0v) is 40.3. The van der Waals surface area contributed by atoms with Crippen molar-refractivity contribution in [2.75, 3.05) is 46.9 Å². The summed E-state index contributed by atoms with van der Waals surface area (Å²) in [7, 11) is 3.30. The average molecular weight is 911 g/mol. The third kappa shape index (κ3) is 11.2. The van der Waals surface area contributed by atoms with Crippen LogP contribution in [0.4, 0.5) is 0 Å². The maximum atomic E-state index is 14.3. The van der Waals surface area contributed by atoms with Crippen molar-refractivity contribution >= 4 is 51.8 Å². The van der Waals surface area contributed by atoms with E-state index >= 15 is 0 Å². The first kappa shape index (κ1) is 49.0. The van der Waals surface area contributed by atoms with Gasteiger partial charge in [0.25, 0.3) is 5.91 Å². The first-order chi connectivity index (χ1) is 31.0. The Morgan fingerprint density at radius 2 is 1.89 bits per heavy atom. The maximum absolute atomic E-state index is 14.3. The Morgan fingerprint density at radius 3 is 2.55 bits per heavy atom. The van der Waals surface area contributed by atoms with Crippen LogP contribution in [0.5, 0.6) is 0 Å². The summed E-state index contributed by atoms with van der Waals surface area (Å²) >= 11 is 1.42. The molecule has 0 aliphatic carbocycles. The number of pyridine rings is 1. The van der Waals surface area contributed by atoms with Gasteiger partial charge in [-0.1, -0.05) is 40.3 Å². The number of nitrogens with zero attached hydrogens (tertiary/aromatic N) is 6. The lowest BCUT2D eigenvalue weighted by molar-refractivity contribution is -0.146. The highest BCUT2D eigenvalue weighted by atomic mass is 32.1. The van der Waals surface area contributed by atoms with Gasteiger partial charge in [0.15, 0.2) is 0 Å². The van der Waals surface area contributed by atoms with Crippen LogP contribution in [-0.2, 0) is 52.8 Å². The molecule has 2 N–H and O–H groups in total. The Labute approximate surface area is 386 Å². The molecule has 0 spiro atoms. The van der Waals surface area contributed by atoms with Gasteiger partial charge in [-0.3, -0.25) is 34.0 Å². The molecule has 16 heteroatoms. The molecule has 3 aromatic heterocycles. The number of hydrazine groups is 1. The summed E-state index contributed by atoms with van der Waals surface area (Å²) in [5.74, 6) is -2.18. The highest BCUT2D eigenvalue weighted by Crippen LogP contribution is 2.42. The monoisotopic (exact) mass is 910 g/mol. The van der Waals surface area contributed by atoms with Gasteiger partial charge in [-0.2, -0.15) is 0 Å². The fraction of sp³-hybridized carbons (Fsp3) is 0.531. The first-order valence-electron chi connectivity index (χ1n) is 22.7. The van der Waals surface area contributed by atoms with Crippen LogP contribution in [0.15, 0.2) is 54.6 Å². The van der Waals surface area contributed by atoms with Crippen LogP contribution in [0.1, 0.15) is 90.1 Å². The second kappa shape index (κ2) is 21.2. The lowest BCUT2D eigenvalue weighted by atomic mass is 9.84. The molecule has 350 valence electrons. The number of nitrogens with one attached hydrogen (secondary N) is 2. The number of likely N-dealkylation sites (N-methyl/N-ethyl adjacent to an activating group) is 1. The van der Waals surface area contributed by atoms with Crippen LogP contribution in [0.25, 0.3) is 33.4 Å². The molecule has 4 aromatic rings. The standard InChI is InChI=1S/C49H66N8O7S/c1-11-42(59)55-23-19-34(27-55)47(61)54(9)44(30(3)4)46(60)53-38(48(62)57-22-14-13-21-51-57)25-41-52-39(28-65-41)33-17-18-40-36(24-33)37(26-49(7,8)29-64-32(6)58)45(56(40)12-2)35-16-15-20-50-43(35)31(5)63-10/h11,15-18,20,24,28,30-31,34,38,44,51H,1,12-14,19,21-23,25-27,29H2,2-10H3,(H,53,60)/t31-,34?,38-,44-/m0/s1. The molecule has 0 radical (unpaired) electrons. The SMILES string of the molecule is C=CC(=O)N1CCC(C(=O)N(C)[C@H](C(=O)N[C@@H](Cc2nc(-c3ccc4c(c3)c(CC(C)(C)COC(C)=O)c(-c3cccnc3[C@H](C)OC)n4CC)cs2)C(=O)N2CCCCN2)C(C)C)C1. The van der Waals surface area contributed by atoms with E-state index in [1.165, 1.54) is 29.2 Å². The van der Waals surface area contributed by atoms with E-state index < -0.39 is 29.3 Å². The van der Waals surface area contributed by atoms with E-state index in [4.69, 9.17) is 19.4 Å². The third-order valence-electron chi connectivity index (χ3n) is 12.5. The number of aromatic nitrogens is 3. The van der Waals surface area contributed by atoms with Gasteiger partial charge in [0.2, 0.25) is 17.7 Å². The van der Waals surface area contributed by atoms with Crippen molar-refractivity contribution in [1.29, 1.82) is 0 Å². The molecule has 6 rings (SSSR count). The normalized spacial score (nSPS) is 16.9. The Bertz CT molecular complexity index is 2380. The second-order valence-electron chi connectivity index (χ2n) is 18.3. The van der Waals surface area contributed by atoms with E-state index in [1.54, 1.807) is 30.3 Å². The van der Waals surface area contributed by atoms with Gasteiger partial charge in [-0.15, -0.1) is 11.3 Å². The molecule has 1 unspecified atom stereocenters. The summed E-state index contributed by atoms with van der Waals surface area (Å²) in [4.78, 5) is 79.5. The van der Waals surface area contributed by atoms with Crippen molar-refractivity contribution in [3.63, 3.8) is 0 Å². The van der Waals surface area contributed by atoms with Gasteiger partial charge in [0.05, 0.1) is 40.7 Å². The molecule has 0 saturated carbocycles. The predicted octanol–water partition coefficient (Wildman–Crippen LogP) is 6.36. The highest BCUT2D eigenvalue weighted by Gasteiger charge is 2.39. The van der Waals surface area contributed by atoms with Crippen molar-refractivity contribution in [2.45, 2.75) is 105 Å². The zero-order valence-electron chi connectivity index (χ0n) is 39.4. The van der Waals surface area contributed by atoms with Gasteiger partial charge < -0.3 is 29.2 Å². The summed E-state index contributed by atoms with van der Waals surface area (Å²) < 4.78 is 13.7. The Morgan fingerprint density at radius 1 is 1.12 bits per heavy atom. The molecule has 5 heterocycles. The number of ether oxygens (including phenoxy) is 2. The molecule has 4 atom stereocenters. The molecule has 2 saturated heterocycles. The molecule has 2 aliphatic rings. The molecule has 2 aliphatic heterocycles. The number of hydrogen-bond acceptors (Lipinski definition) is 11. The van der Waals surface area contributed by atoms with E-state index in [2.05, 4.69) is 66.9 Å². The fourth-order valence-electron chi connectivity index (χ4n) is 9.15. The summed E-state index contributed by atoms with van der Waals surface area (Å²) in [5, 5.41) is 8.32. The molecular weight excluding hydrogens is 845 g/mol. The number of likely N-dealkylation sites (tertiary alicyclic amines) is 1. The molecular formula is C49H66N8O7S. The number of thiazole rings is 1. The van der Waals surface area contributed by atoms with Crippen molar-refractivity contribution in [1.82, 2.24) is 40.1 Å². The molecule has 65 heavy (non-hydrogen) atoms. The highest BCUT2D eigenvalue weighted by molar-refractivity contribution is 7.10. The van der Waals surface area contributed by atoms with E-state index in [1.807, 2.05) is 32.2 Å². The maximum Gasteiger partial charge on any atom is 0.302 e. The third-order valence-corrected chi connectivity index (χ3v) is 13.4. The summed E-state index contributed by atoms with van der Waals surface area (Å²) in [5.41, 5.74) is 9.37. The molecule has 4 amide bonds. The van der Waals surface area contributed by atoms with Crippen LogP contribution < -0.4 is 10.7 Å². The minimum absolute atomic E-state index is 0.146. The van der Waals surface area contributed by atoms with Gasteiger partial charge in [-0.05, 0) is 81.4 Å². The quantitative estimate of drug-likeness (QED) is 0.0848. The lowest BCUT2D eigenvalue weighted by Crippen LogP contribution is -2.59. The van der Waals surface area contributed by atoms with Gasteiger partial charge >= 0.3 is 5.97 Å². The summed E-state index contributed by atoms with van der Waals surface area (Å²) in [6, 6.07) is 8.55.